The maximum atomic E-state index is 5.24. The van der Waals surface area contributed by atoms with Crippen molar-refractivity contribution in [1.82, 2.24) is 9.97 Å². The number of thiophene rings is 1. The van der Waals surface area contributed by atoms with Gasteiger partial charge in [-0.05, 0) is 80.9 Å². The lowest BCUT2D eigenvalue weighted by atomic mass is 9.94. The first-order chi connectivity index (χ1) is 27.2. The summed E-state index contributed by atoms with van der Waals surface area (Å²) in [6.45, 7) is 0. The molecule has 0 N–H and O–H groups in total. The van der Waals surface area contributed by atoms with E-state index in [1.165, 1.54) is 48.0 Å². The van der Waals surface area contributed by atoms with Crippen molar-refractivity contribution in [2.24, 2.45) is 0 Å². The summed E-state index contributed by atoms with van der Waals surface area (Å²) >= 11 is 1.86. The average Bonchev–Trinajstić information content (AvgIpc) is 3.64. The highest BCUT2D eigenvalue weighted by atomic mass is 32.1. The van der Waals surface area contributed by atoms with E-state index in [0.29, 0.717) is 5.82 Å². The fourth-order valence-electron chi connectivity index (χ4n) is 7.43. The van der Waals surface area contributed by atoms with Crippen molar-refractivity contribution in [2.75, 3.05) is 0 Å². The highest BCUT2D eigenvalue weighted by molar-refractivity contribution is 7.25. The van der Waals surface area contributed by atoms with Crippen LogP contribution < -0.4 is 0 Å². The summed E-state index contributed by atoms with van der Waals surface area (Å²) in [4.78, 5) is 10.4. The topological polar surface area (TPSA) is 25.8 Å². The van der Waals surface area contributed by atoms with E-state index in [4.69, 9.17) is 9.97 Å². The van der Waals surface area contributed by atoms with Crippen LogP contribution >= 0.6 is 11.3 Å². The molecule has 0 unspecified atom stereocenters. The van der Waals surface area contributed by atoms with Crippen LogP contribution in [-0.2, 0) is 0 Å². The Morgan fingerprint density at radius 2 is 0.618 bits per heavy atom. The summed E-state index contributed by atoms with van der Waals surface area (Å²) < 4.78 is 2.57. The van der Waals surface area contributed by atoms with Gasteiger partial charge in [0.25, 0.3) is 0 Å². The molecule has 0 aliphatic rings. The van der Waals surface area contributed by atoms with Gasteiger partial charge in [-0.3, -0.25) is 0 Å². The van der Waals surface area contributed by atoms with Crippen molar-refractivity contribution in [3.05, 3.63) is 206 Å². The zero-order valence-corrected chi connectivity index (χ0v) is 30.7. The fourth-order valence-corrected chi connectivity index (χ4v) is 8.61. The molecule has 0 bridgehead atoms. The van der Waals surface area contributed by atoms with Crippen molar-refractivity contribution in [2.45, 2.75) is 0 Å². The molecule has 258 valence electrons. The summed E-state index contributed by atoms with van der Waals surface area (Å²) in [6, 6.07) is 73.4. The Labute approximate surface area is 324 Å². The minimum atomic E-state index is 0.702. The van der Waals surface area contributed by atoms with E-state index in [1.54, 1.807) is 0 Å². The first-order valence-electron chi connectivity index (χ1n) is 18.6. The smallest absolute Gasteiger partial charge is 0.160 e. The molecule has 2 nitrogen and oxygen atoms in total. The average molecular weight is 719 g/mol. The summed E-state index contributed by atoms with van der Waals surface area (Å²) in [5.41, 5.74) is 14.3. The Kier molecular flexibility index (Phi) is 8.40. The summed E-state index contributed by atoms with van der Waals surface area (Å²) in [6.07, 6.45) is 0. The molecular weight excluding hydrogens is 685 g/mol. The summed E-state index contributed by atoms with van der Waals surface area (Å²) in [7, 11) is 0. The summed E-state index contributed by atoms with van der Waals surface area (Å²) in [5.74, 6) is 0.702. The van der Waals surface area contributed by atoms with E-state index in [9.17, 15) is 0 Å². The van der Waals surface area contributed by atoms with Crippen LogP contribution in [0.25, 0.3) is 98.6 Å². The molecule has 0 aliphatic heterocycles. The third-order valence-corrected chi connectivity index (χ3v) is 11.4. The number of aromatic nitrogens is 2. The minimum Gasteiger partial charge on any atom is -0.228 e. The molecule has 2 aromatic heterocycles. The quantitative estimate of drug-likeness (QED) is 0.164. The van der Waals surface area contributed by atoms with Crippen molar-refractivity contribution < 1.29 is 0 Å². The standard InChI is InChI=1S/C52H34N2S/c1-5-13-35(14-6-1)38-21-23-39(24-22-38)48-34-49(54-52(53-48)40-19-11-4-12-20-40)45-30-43(37-17-9-3-10-18-37)29-44(31-45)42-26-28-47-46-27-25-41(36-15-7-2-8-16-36)32-50(46)55-51(47)33-42/h1-34H. The van der Waals surface area contributed by atoms with Crippen LogP contribution in [0, 0.1) is 0 Å². The molecule has 0 saturated heterocycles. The highest BCUT2D eigenvalue weighted by Gasteiger charge is 2.15. The Morgan fingerprint density at radius 3 is 1.16 bits per heavy atom. The van der Waals surface area contributed by atoms with E-state index in [-0.39, 0.29) is 0 Å². The van der Waals surface area contributed by atoms with Crippen molar-refractivity contribution >= 4 is 31.5 Å². The number of fused-ring (bicyclic) bond motifs is 3. The molecule has 0 amide bonds. The van der Waals surface area contributed by atoms with Crippen LogP contribution in [0.5, 0.6) is 0 Å². The molecule has 8 aromatic carbocycles. The molecule has 10 aromatic rings. The van der Waals surface area contributed by atoms with Crippen molar-refractivity contribution in [3.8, 4) is 78.4 Å². The van der Waals surface area contributed by atoms with Crippen LogP contribution in [-0.4, -0.2) is 9.97 Å². The van der Waals surface area contributed by atoms with Gasteiger partial charge in [0.2, 0.25) is 0 Å². The molecule has 0 aliphatic carbocycles. The van der Waals surface area contributed by atoms with Gasteiger partial charge in [-0.15, -0.1) is 11.3 Å². The minimum absolute atomic E-state index is 0.702. The fraction of sp³-hybridized carbons (Fsp3) is 0. The molecule has 2 heterocycles. The lowest BCUT2D eigenvalue weighted by molar-refractivity contribution is 1.18. The van der Waals surface area contributed by atoms with E-state index in [2.05, 4.69) is 182 Å². The second kappa shape index (κ2) is 14.1. The van der Waals surface area contributed by atoms with Gasteiger partial charge in [0, 0.05) is 36.9 Å². The maximum Gasteiger partial charge on any atom is 0.160 e. The van der Waals surface area contributed by atoms with Crippen molar-refractivity contribution in [1.29, 1.82) is 0 Å². The van der Waals surface area contributed by atoms with Gasteiger partial charge >= 0.3 is 0 Å². The molecule has 55 heavy (non-hydrogen) atoms. The Morgan fingerprint density at radius 1 is 0.255 bits per heavy atom. The summed E-state index contributed by atoms with van der Waals surface area (Å²) in [5, 5.41) is 2.58. The van der Waals surface area contributed by atoms with Crippen LogP contribution in [0.1, 0.15) is 0 Å². The first kappa shape index (κ1) is 32.7. The zero-order chi connectivity index (χ0) is 36.6. The third-order valence-electron chi connectivity index (χ3n) is 10.3. The Bertz CT molecular complexity index is 2940. The third kappa shape index (κ3) is 6.52. The first-order valence-corrected chi connectivity index (χ1v) is 19.4. The lowest BCUT2D eigenvalue weighted by Gasteiger charge is -2.13. The molecule has 0 atom stereocenters. The van der Waals surface area contributed by atoms with Gasteiger partial charge in [-0.1, -0.05) is 170 Å². The number of hydrogen-bond donors (Lipinski definition) is 0. The van der Waals surface area contributed by atoms with Gasteiger partial charge in [-0.2, -0.15) is 0 Å². The SMILES string of the molecule is c1ccc(-c2ccc(-c3cc(-c4cc(-c5ccccc5)cc(-c5ccc6c(c5)sc5cc(-c7ccccc7)ccc56)c4)nc(-c4ccccc4)n3)cc2)cc1. The van der Waals surface area contributed by atoms with E-state index in [1.807, 2.05) is 35.6 Å². The second-order valence-electron chi connectivity index (χ2n) is 13.8. The zero-order valence-electron chi connectivity index (χ0n) is 29.9. The monoisotopic (exact) mass is 718 g/mol. The van der Waals surface area contributed by atoms with Gasteiger partial charge in [0.1, 0.15) is 0 Å². The van der Waals surface area contributed by atoms with Crippen LogP contribution in [0.3, 0.4) is 0 Å². The Balaban J connectivity index is 1.11. The largest absolute Gasteiger partial charge is 0.228 e. The number of nitrogens with zero attached hydrogens (tertiary/aromatic N) is 2. The predicted octanol–water partition coefficient (Wildman–Crippen LogP) is 14.5. The molecule has 0 radical (unpaired) electrons. The molecule has 10 rings (SSSR count). The number of benzene rings is 8. The maximum absolute atomic E-state index is 5.24. The van der Waals surface area contributed by atoms with Crippen LogP contribution in [0.2, 0.25) is 0 Å². The molecular formula is C52H34N2S. The van der Waals surface area contributed by atoms with Gasteiger partial charge in [-0.25, -0.2) is 9.97 Å². The predicted molar refractivity (Wildman–Crippen MR) is 233 cm³/mol. The second-order valence-corrected chi connectivity index (χ2v) is 14.9. The molecule has 0 spiro atoms. The van der Waals surface area contributed by atoms with Crippen molar-refractivity contribution in [3.63, 3.8) is 0 Å². The number of hydrogen-bond acceptors (Lipinski definition) is 3. The van der Waals surface area contributed by atoms with E-state index >= 15 is 0 Å². The van der Waals surface area contributed by atoms with Gasteiger partial charge in [0.05, 0.1) is 11.4 Å². The highest BCUT2D eigenvalue weighted by Crippen LogP contribution is 2.40. The van der Waals surface area contributed by atoms with Crippen LogP contribution in [0.15, 0.2) is 206 Å². The molecule has 0 saturated carbocycles. The normalized spacial score (nSPS) is 11.3. The van der Waals surface area contributed by atoms with E-state index < -0.39 is 0 Å². The molecule has 0 fully saturated rings. The number of rotatable bonds is 7. The van der Waals surface area contributed by atoms with E-state index in [0.717, 1.165) is 44.8 Å². The lowest BCUT2D eigenvalue weighted by Crippen LogP contribution is -1.96. The van der Waals surface area contributed by atoms with Crippen LogP contribution in [0.4, 0.5) is 0 Å². The van der Waals surface area contributed by atoms with Gasteiger partial charge < -0.3 is 0 Å². The van der Waals surface area contributed by atoms with Gasteiger partial charge in [0.15, 0.2) is 5.82 Å². The molecule has 3 heteroatoms. The Hall–Kier alpha value is -6.94.